The fraction of sp³-hybridized carbons (Fsp3) is 0.706. The predicted octanol–water partition coefficient (Wildman–Crippen LogP) is 0.748. The van der Waals surface area contributed by atoms with E-state index in [1.165, 1.54) is 11.1 Å². The molecule has 0 aromatic rings. The Morgan fingerprint density at radius 3 is 2.42 bits per heavy atom. The average molecular weight is 333 g/mol. The van der Waals surface area contributed by atoms with E-state index < -0.39 is 28.9 Å². The molecule has 1 heterocycles. The molecule has 24 heavy (non-hydrogen) atoms. The fourth-order valence-corrected chi connectivity index (χ4v) is 5.97. The van der Waals surface area contributed by atoms with Crippen molar-refractivity contribution in [1.82, 2.24) is 4.90 Å². The molecule has 0 aromatic heterocycles. The summed E-state index contributed by atoms with van der Waals surface area (Å²) in [6.45, 7) is 0. The highest BCUT2D eigenvalue weighted by molar-refractivity contribution is 6.41. The highest BCUT2D eigenvalue weighted by atomic mass is 16.4. The Kier molecular flexibility index (Phi) is 3.29. The molecular weight excluding hydrogens is 310 g/mol. The molecule has 0 spiro atoms. The molecule has 0 saturated heterocycles. The van der Waals surface area contributed by atoms with Gasteiger partial charge in [0.25, 0.3) is 5.91 Å². The third-order valence-corrected chi connectivity index (χ3v) is 6.36. The first-order valence-corrected chi connectivity index (χ1v) is 8.59. The van der Waals surface area contributed by atoms with Gasteiger partial charge in [0.2, 0.25) is 5.91 Å². The topological polar surface area (TPSA) is 116 Å². The van der Waals surface area contributed by atoms with Crippen LogP contribution in [0.25, 0.3) is 0 Å². The number of nitrogens with zero attached hydrogens (tertiary/aromatic N) is 2. The quantitative estimate of drug-likeness (QED) is 0.401. The first-order chi connectivity index (χ1) is 11.4. The van der Waals surface area contributed by atoms with Crippen molar-refractivity contribution in [3.8, 4) is 0 Å². The number of nitrogens with two attached hydrogens (primary N) is 1. The van der Waals surface area contributed by atoms with Crippen molar-refractivity contribution in [3.63, 3.8) is 0 Å². The standard InChI is InChI=1S/C17H23N3O4/c18-14(21)12-2-1-3-20(12)15(22)13(19-24)16-5-10-4-11(6-16)8-17(23,7-10)9-16/h1,3,10-12,23-24H,2,4-9H2,(H2,18,21)/b19-13-/t10-,11?,12?,16?,17?/m1/s1. The monoisotopic (exact) mass is 333 g/mol. The van der Waals surface area contributed by atoms with Gasteiger partial charge in [0, 0.05) is 11.6 Å². The molecule has 4 unspecified atom stereocenters. The molecule has 0 aromatic carbocycles. The van der Waals surface area contributed by atoms with E-state index >= 15 is 0 Å². The van der Waals surface area contributed by atoms with Gasteiger partial charge in [-0.1, -0.05) is 11.2 Å². The molecule has 4 bridgehead atoms. The summed E-state index contributed by atoms with van der Waals surface area (Å²) in [5.41, 5.74) is 4.10. The van der Waals surface area contributed by atoms with Crippen molar-refractivity contribution in [3.05, 3.63) is 12.3 Å². The van der Waals surface area contributed by atoms with Crippen LogP contribution in [-0.2, 0) is 9.59 Å². The number of aliphatic hydroxyl groups is 1. The lowest BCUT2D eigenvalue weighted by atomic mass is 9.46. The van der Waals surface area contributed by atoms with Crippen molar-refractivity contribution in [1.29, 1.82) is 0 Å². The van der Waals surface area contributed by atoms with E-state index in [0.29, 0.717) is 24.7 Å². The van der Waals surface area contributed by atoms with E-state index in [-0.39, 0.29) is 5.71 Å². The Morgan fingerprint density at radius 1 is 1.21 bits per heavy atom. The molecule has 0 radical (unpaired) electrons. The van der Waals surface area contributed by atoms with Crippen molar-refractivity contribution in [2.75, 3.05) is 0 Å². The zero-order valence-corrected chi connectivity index (χ0v) is 13.5. The highest BCUT2D eigenvalue weighted by Crippen LogP contribution is 2.62. The van der Waals surface area contributed by atoms with E-state index in [4.69, 9.17) is 5.73 Å². The van der Waals surface area contributed by atoms with Crippen LogP contribution in [0.4, 0.5) is 0 Å². The van der Waals surface area contributed by atoms with E-state index in [1.54, 1.807) is 6.08 Å². The van der Waals surface area contributed by atoms with Crippen LogP contribution in [0.5, 0.6) is 0 Å². The lowest BCUT2D eigenvalue weighted by Crippen LogP contribution is -2.60. The predicted molar refractivity (Wildman–Crippen MR) is 84.9 cm³/mol. The Hall–Kier alpha value is -1.89. The lowest BCUT2D eigenvalue weighted by molar-refractivity contribution is -0.146. The number of hydrogen-bond donors (Lipinski definition) is 3. The molecule has 4 saturated carbocycles. The third-order valence-electron chi connectivity index (χ3n) is 6.36. The maximum atomic E-state index is 13.0. The summed E-state index contributed by atoms with van der Waals surface area (Å²) in [6.07, 6.45) is 8.22. The maximum absolute atomic E-state index is 13.0. The second-order valence-corrected chi connectivity index (χ2v) is 8.17. The summed E-state index contributed by atoms with van der Waals surface area (Å²) in [6, 6.07) is -0.730. The minimum absolute atomic E-state index is 0.0767. The van der Waals surface area contributed by atoms with Crippen LogP contribution in [0, 0.1) is 17.3 Å². The van der Waals surface area contributed by atoms with Gasteiger partial charge in [0.05, 0.1) is 5.60 Å². The SMILES string of the molecule is NC(=O)C1CC=CN1C(=O)/C(=N/O)C12CC3C[C@@H](CC(O)(C3)C1)C2. The van der Waals surface area contributed by atoms with Gasteiger partial charge < -0.3 is 20.9 Å². The number of primary amides is 1. The Labute approximate surface area is 140 Å². The number of hydrogen-bond acceptors (Lipinski definition) is 5. The van der Waals surface area contributed by atoms with Crippen LogP contribution in [-0.4, -0.2) is 44.4 Å². The minimum atomic E-state index is -0.760. The van der Waals surface area contributed by atoms with Gasteiger partial charge in [-0.2, -0.15) is 0 Å². The average Bonchev–Trinajstić information content (AvgIpc) is 2.94. The molecule has 5 atom stereocenters. The van der Waals surface area contributed by atoms with Gasteiger partial charge in [0.1, 0.15) is 6.04 Å². The van der Waals surface area contributed by atoms with Gasteiger partial charge in [-0.3, -0.25) is 9.59 Å². The summed E-state index contributed by atoms with van der Waals surface area (Å²) in [7, 11) is 0. The number of rotatable bonds is 3. The highest BCUT2D eigenvalue weighted by Gasteiger charge is 2.60. The molecule has 130 valence electrons. The molecule has 5 aliphatic rings. The molecule has 4 N–H and O–H groups in total. The van der Waals surface area contributed by atoms with E-state index in [9.17, 15) is 19.9 Å². The molecule has 7 nitrogen and oxygen atoms in total. The van der Waals surface area contributed by atoms with Gasteiger partial charge in [-0.15, -0.1) is 0 Å². The maximum Gasteiger partial charge on any atom is 0.276 e. The van der Waals surface area contributed by atoms with Crippen LogP contribution < -0.4 is 5.73 Å². The van der Waals surface area contributed by atoms with Crippen LogP contribution in [0.2, 0.25) is 0 Å². The van der Waals surface area contributed by atoms with Crippen molar-refractivity contribution >= 4 is 17.5 Å². The first-order valence-electron chi connectivity index (χ1n) is 8.59. The molecule has 7 heteroatoms. The van der Waals surface area contributed by atoms with Crippen LogP contribution >= 0.6 is 0 Å². The Balaban J connectivity index is 1.66. The van der Waals surface area contributed by atoms with E-state index in [2.05, 4.69) is 5.16 Å². The molecule has 5 rings (SSSR count). The molecule has 1 aliphatic heterocycles. The minimum Gasteiger partial charge on any atom is -0.410 e. The normalized spacial score (nSPS) is 43.5. The number of oxime groups is 1. The summed E-state index contributed by atoms with van der Waals surface area (Å²) in [5, 5.41) is 23.9. The summed E-state index contributed by atoms with van der Waals surface area (Å²) < 4.78 is 0. The molecular formula is C17H23N3O4. The van der Waals surface area contributed by atoms with Crippen molar-refractivity contribution in [2.45, 2.75) is 56.6 Å². The van der Waals surface area contributed by atoms with Crippen LogP contribution in [0.1, 0.15) is 44.9 Å². The largest absolute Gasteiger partial charge is 0.410 e. The zero-order valence-electron chi connectivity index (χ0n) is 13.5. The summed E-state index contributed by atoms with van der Waals surface area (Å²) in [5.74, 6) is -0.320. The summed E-state index contributed by atoms with van der Waals surface area (Å²) >= 11 is 0. The first kappa shape index (κ1) is 15.6. The van der Waals surface area contributed by atoms with Crippen LogP contribution in [0.15, 0.2) is 17.4 Å². The lowest BCUT2D eigenvalue weighted by Gasteiger charge is -2.60. The van der Waals surface area contributed by atoms with Gasteiger partial charge >= 0.3 is 0 Å². The zero-order chi connectivity index (χ0) is 17.1. The Morgan fingerprint density at radius 2 is 1.88 bits per heavy atom. The smallest absolute Gasteiger partial charge is 0.276 e. The third kappa shape index (κ3) is 2.17. The van der Waals surface area contributed by atoms with E-state index in [0.717, 1.165) is 32.1 Å². The Bertz CT molecular complexity index is 642. The van der Waals surface area contributed by atoms with Gasteiger partial charge in [-0.05, 0) is 56.8 Å². The molecule has 4 fully saturated rings. The second-order valence-electron chi connectivity index (χ2n) is 8.17. The number of carbonyl (C=O) groups is 2. The summed E-state index contributed by atoms with van der Waals surface area (Å²) in [4.78, 5) is 25.9. The second kappa shape index (κ2) is 5.05. The van der Waals surface area contributed by atoms with Crippen LogP contribution in [0.3, 0.4) is 0 Å². The molecule has 4 aliphatic carbocycles. The number of carbonyl (C=O) groups excluding carboxylic acids is 2. The fourth-order valence-electron chi connectivity index (χ4n) is 5.97. The molecule has 2 amide bonds. The van der Waals surface area contributed by atoms with Gasteiger partial charge in [-0.25, -0.2) is 0 Å². The van der Waals surface area contributed by atoms with Crippen molar-refractivity contribution < 1.29 is 19.9 Å². The van der Waals surface area contributed by atoms with E-state index in [1.807, 2.05) is 0 Å². The number of amides is 2. The van der Waals surface area contributed by atoms with Crippen molar-refractivity contribution in [2.24, 2.45) is 28.1 Å². The van der Waals surface area contributed by atoms with Gasteiger partial charge in [0.15, 0.2) is 5.71 Å².